The first-order chi connectivity index (χ1) is 29.8. The van der Waals surface area contributed by atoms with Gasteiger partial charge in [-0.2, -0.15) is 0 Å². The Kier molecular flexibility index (Phi) is 8.99. The van der Waals surface area contributed by atoms with E-state index in [1.54, 1.807) is 0 Å². The average Bonchev–Trinajstić information content (AvgIpc) is 3.32. The zero-order chi connectivity index (χ0) is 39.3. The van der Waals surface area contributed by atoms with Gasteiger partial charge >= 0.3 is 0 Å². The molecule has 9 heteroatoms. The number of nitrogens with one attached hydrogen (secondary N) is 3. The van der Waals surface area contributed by atoms with E-state index >= 15 is 0 Å². The van der Waals surface area contributed by atoms with Crippen LogP contribution in [0.1, 0.15) is 64.2 Å². The van der Waals surface area contributed by atoms with Crippen LogP contribution in [0.25, 0.3) is 0 Å². The van der Waals surface area contributed by atoms with E-state index in [9.17, 15) is 0 Å². The first-order valence-electron chi connectivity index (χ1n) is 23.9. The first-order valence-corrected chi connectivity index (χ1v) is 23.9. The van der Waals surface area contributed by atoms with E-state index in [1.165, 1.54) is 87.0 Å². The van der Waals surface area contributed by atoms with Crippen LogP contribution in [0.3, 0.4) is 0 Å². The Labute approximate surface area is 357 Å². The largest absolute Gasteiger partial charge is 0.362 e. The topological polar surface area (TPSA) is 55.5 Å². The minimum Gasteiger partial charge on any atom is -0.362 e. The molecule has 14 atom stereocenters. The second-order valence-electron chi connectivity index (χ2n) is 19.6. The molecule has 3 N–H and O–H groups in total. The molecule has 2 aliphatic carbocycles. The van der Waals surface area contributed by atoms with Crippen molar-refractivity contribution in [2.45, 2.75) is 149 Å². The number of benzene rings is 4. The maximum atomic E-state index is 4.68. The van der Waals surface area contributed by atoms with Crippen LogP contribution in [0.4, 0.5) is 22.7 Å². The number of hydrogen-bond donors (Lipinski definition) is 3. The molecule has 4 aromatic carbocycles. The van der Waals surface area contributed by atoms with Crippen molar-refractivity contribution in [1.29, 1.82) is 0 Å². The highest BCUT2D eigenvalue weighted by molar-refractivity contribution is 5.58. The summed E-state index contributed by atoms with van der Waals surface area (Å²) in [6.07, 6.45) is 13.2. The molecule has 60 heavy (non-hydrogen) atoms. The normalized spacial score (nSPS) is 39.7. The molecule has 9 aliphatic rings. The van der Waals surface area contributed by atoms with E-state index < -0.39 is 0 Å². The van der Waals surface area contributed by atoms with E-state index in [0.29, 0.717) is 66.5 Å². The standard InChI is InChI=1S/C51H63N9/c1-5-16-34(17-6-1)55-38-24-13-14-25-39(38)59-44-32-45-50(54-49(44)57(36-20-9-3-10-21-36)42-27-15-26-41(55)47(42)59)58(37-22-11-4-12-23-37)51-48-43(29-31-53-51)56(35-18-7-2-8-19-35)40-28-30-52-33-46(40)60(45)48/h1-12,16-23,38-54H,13-15,24-33H2. The fraction of sp³-hybridized carbons (Fsp3) is 0.529. The Hall–Kier alpha value is -4.12. The van der Waals surface area contributed by atoms with Crippen molar-refractivity contribution >= 4 is 22.7 Å². The Morgan fingerprint density at radius 1 is 0.367 bits per heavy atom. The molecule has 7 heterocycles. The van der Waals surface area contributed by atoms with E-state index in [1.807, 2.05) is 0 Å². The van der Waals surface area contributed by atoms with Crippen molar-refractivity contribution in [2.75, 3.05) is 39.2 Å². The second-order valence-corrected chi connectivity index (χ2v) is 19.6. The fourth-order valence-electron chi connectivity index (χ4n) is 15.3. The number of anilines is 4. The molecule has 0 spiro atoms. The Morgan fingerprint density at radius 2 is 0.833 bits per heavy atom. The van der Waals surface area contributed by atoms with Crippen molar-refractivity contribution in [3.8, 4) is 0 Å². The van der Waals surface area contributed by atoms with Gasteiger partial charge in [0, 0.05) is 83.7 Å². The Morgan fingerprint density at radius 3 is 1.47 bits per heavy atom. The molecular formula is C51H63N9. The van der Waals surface area contributed by atoms with Crippen LogP contribution in [-0.4, -0.2) is 114 Å². The molecule has 2 saturated carbocycles. The summed E-state index contributed by atoms with van der Waals surface area (Å²) in [4.78, 5) is 18.1. The van der Waals surface area contributed by atoms with Crippen LogP contribution in [0.5, 0.6) is 0 Å². The number of piperazine rings is 4. The van der Waals surface area contributed by atoms with Crippen molar-refractivity contribution < 1.29 is 0 Å². The summed E-state index contributed by atoms with van der Waals surface area (Å²) in [5.74, 6) is 0. The minimum absolute atomic E-state index is 0.168. The summed E-state index contributed by atoms with van der Waals surface area (Å²) in [5.41, 5.74) is 5.60. The van der Waals surface area contributed by atoms with Crippen LogP contribution in [-0.2, 0) is 0 Å². The van der Waals surface area contributed by atoms with E-state index in [0.717, 1.165) is 19.6 Å². The maximum Gasteiger partial charge on any atom is 0.0990 e. The molecule has 312 valence electrons. The summed E-state index contributed by atoms with van der Waals surface area (Å²) < 4.78 is 0. The highest BCUT2D eigenvalue weighted by Crippen LogP contribution is 2.53. The third kappa shape index (κ3) is 5.48. The summed E-state index contributed by atoms with van der Waals surface area (Å²) >= 11 is 0. The van der Waals surface area contributed by atoms with Crippen LogP contribution < -0.4 is 35.6 Å². The summed E-state index contributed by atoms with van der Waals surface area (Å²) in [6, 6.07) is 51.3. The fourth-order valence-corrected chi connectivity index (χ4v) is 15.3. The monoisotopic (exact) mass is 802 g/mol. The minimum atomic E-state index is 0.168. The van der Waals surface area contributed by atoms with Crippen LogP contribution in [0, 0.1) is 0 Å². The third-order valence-corrected chi connectivity index (χ3v) is 17.1. The SMILES string of the molecule is c1ccc(N2C3CCCCC3N3C4CC5C(NC4N(c4ccccc4)C4CCCC2C43)N(c2ccccc2)C2NCCC3C2N5C2CNCCC2N3c2ccccc2)cc1. The van der Waals surface area contributed by atoms with Crippen molar-refractivity contribution in [1.82, 2.24) is 25.8 Å². The molecule has 13 rings (SSSR count). The molecule has 7 aliphatic heterocycles. The maximum absolute atomic E-state index is 4.68. The van der Waals surface area contributed by atoms with Crippen LogP contribution in [0.15, 0.2) is 121 Å². The summed E-state index contributed by atoms with van der Waals surface area (Å²) in [6.45, 7) is 3.17. The van der Waals surface area contributed by atoms with Gasteiger partial charge in [0.15, 0.2) is 0 Å². The van der Waals surface area contributed by atoms with Gasteiger partial charge in [-0.1, -0.05) is 85.6 Å². The molecule has 9 nitrogen and oxygen atoms in total. The number of hydrogen-bond acceptors (Lipinski definition) is 9. The van der Waals surface area contributed by atoms with Crippen molar-refractivity contribution in [2.24, 2.45) is 0 Å². The number of para-hydroxylation sites is 4. The van der Waals surface area contributed by atoms with Gasteiger partial charge in [0.1, 0.15) is 0 Å². The molecule has 7 saturated heterocycles. The van der Waals surface area contributed by atoms with Gasteiger partial charge in [0.05, 0.1) is 30.6 Å². The molecule has 9 fully saturated rings. The number of fused-ring (bicyclic) bond motifs is 8. The molecule has 0 bridgehead atoms. The lowest BCUT2D eigenvalue weighted by molar-refractivity contribution is -0.125. The molecular weight excluding hydrogens is 739 g/mol. The van der Waals surface area contributed by atoms with Gasteiger partial charge in [0.25, 0.3) is 0 Å². The number of rotatable bonds is 4. The molecule has 0 radical (unpaired) electrons. The van der Waals surface area contributed by atoms with Crippen LogP contribution in [0.2, 0.25) is 0 Å². The highest BCUT2D eigenvalue weighted by Gasteiger charge is 2.66. The lowest BCUT2D eigenvalue weighted by Gasteiger charge is -2.73. The van der Waals surface area contributed by atoms with Gasteiger partial charge < -0.3 is 24.9 Å². The van der Waals surface area contributed by atoms with Crippen molar-refractivity contribution in [3.63, 3.8) is 0 Å². The lowest BCUT2D eigenvalue weighted by atomic mass is 9.69. The molecule has 14 unspecified atom stereocenters. The zero-order valence-corrected chi connectivity index (χ0v) is 35.0. The van der Waals surface area contributed by atoms with Crippen LogP contribution >= 0.6 is 0 Å². The van der Waals surface area contributed by atoms with Gasteiger partial charge in [-0.05, 0) is 113 Å². The van der Waals surface area contributed by atoms with E-state index in [4.69, 9.17) is 0 Å². The first kappa shape index (κ1) is 36.5. The number of nitrogens with zero attached hydrogens (tertiary/aromatic N) is 6. The highest BCUT2D eigenvalue weighted by atomic mass is 15.6. The Balaban J connectivity index is 0.980. The molecule has 4 aromatic rings. The average molecular weight is 802 g/mol. The molecule has 0 aromatic heterocycles. The lowest BCUT2D eigenvalue weighted by Crippen LogP contribution is -2.91. The van der Waals surface area contributed by atoms with Crippen molar-refractivity contribution in [3.05, 3.63) is 121 Å². The Bertz CT molecular complexity index is 1960. The van der Waals surface area contributed by atoms with Gasteiger partial charge in [-0.3, -0.25) is 20.4 Å². The van der Waals surface area contributed by atoms with Gasteiger partial charge in [-0.15, -0.1) is 0 Å². The predicted molar refractivity (Wildman–Crippen MR) is 243 cm³/mol. The number of piperidine rings is 3. The summed E-state index contributed by atoms with van der Waals surface area (Å²) in [5, 5.41) is 12.9. The van der Waals surface area contributed by atoms with E-state index in [2.05, 4.69) is 167 Å². The zero-order valence-electron chi connectivity index (χ0n) is 35.0. The van der Waals surface area contributed by atoms with Gasteiger partial charge in [-0.25, -0.2) is 0 Å². The molecule has 0 amide bonds. The van der Waals surface area contributed by atoms with E-state index in [-0.39, 0.29) is 18.5 Å². The van der Waals surface area contributed by atoms with Gasteiger partial charge in [0.2, 0.25) is 0 Å². The quantitative estimate of drug-likeness (QED) is 0.217. The predicted octanol–water partition coefficient (Wildman–Crippen LogP) is 6.44. The second kappa shape index (κ2) is 14.8. The third-order valence-electron chi connectivity index (χ3n) is 17.1. The smallest absolute Gasteiger partial charge is 0.0990 e. The summed E-state index contributed by atoms with van der Waals surface area (Å²) in [7, 11) is 0.